The Hall–Kier alpha value is -2.01. The molecule has 26 heavy (non-hydrogen) atoms. The maximum atomic E-state index is 12.9. The molecule has 0 fully saturated rings. The van der Waals surface area contributed by atoms with Gasteiger partial charge in [-0.1, -0.05) is 37.1 Å². The molecule has 0 aliphatic heterocycles. The van der Waals surface area contributed by atoms with Gasteiger partial charge in [0, 0.05) is 12.3 Å². The number of allylic oxidation sites excluding steroid dienone is 5. The summed E-state index contributed by atoms with van der Waals surface area (Å²) in [5, 5.41) is 21.7. The van der Waals surface area contributed by atoms with Crippen molar-refractivity contribution in [3.05, 3.63) is 34.6 Å². The second kappa shape index (κ2) is 8.58. The summed E-state index contributed by atoms with van der Waals surface area (Å²) in [6, 6.07) is 0. The molecule has 0 aromatic rings. The van der Waals surface area contributed by atoms with E-state index in [9.17, 15) is 24.6 Å². The fourth-order valence-corrected chi connectivity index (χ4v) is 2.92. The maximum absolute atomic E-state index is 12.9. The van der Waals surface area contributed by atoms with Gasteiger partial charge in [0.1, 0.15) is 11.3 Å². The molecule has 1 rings (SSSR count). The van der Waals surface area contributed by atoms with E-state index in [0.29, 0.717) is 6.42 Å². The van der Waals surface area contributed by atoms with Gasteiger partial charge in [0.15, 0.2) is 23.0 Å². The summed E-state index contributed by atoms with van der Waals surface area (Å²) >= 11 is 0. The Labute approximate surface area is 155 Å². The SMILES string of the molecule is CC[C@H](C)C(=O)C1=C(O)[C@](O)(C(=O)CC=C(C)C)[C@H](CC=C(C)C)C1=O. The van der Waals surface area contributed by atoms with Gasteiger partial charge in [0.05, 0.1) is 5.92 Å². The summed E-state index contributed by atoms with van der Waals surface area (Å²) in [5.41, 5.74) is -0.975. The lowest BCUT2D eigenvalue weighted by molar-refractivity contribution is -0.144. The lowest BCUT2D eigenvalue weighted by Gasteiger charge is -2.27. The van der Waals surface area contributed by atoms with Crippen molar-refractivity contribution in [1.82, 2.24) is 0 Å². The minimum atomic E-state index is -2.35. The van der Waals surface area contributed by atoms with Gasteiger partial charge in [0.25, 0.3) is 0 Å². The molecule has 144 valence electrons. The molecule has 5 heteroatoms. The van der Waals surface area contributed by atoms with E-state index in [1.165, 1.54) is 0 Å². The van der Waals surface area contributed by atoms with Crippen molar-refractivity contribution in [2.24, 2.45) is 11.8 Å². The first-order valence-corrected chi connectivity index (χ1v) is 9.02. The third kappa shape index (κ3) is 4.21. The van der Waals surface area contributed by atoms with Gasteiger partial charge in [-0.2, -0.15) is 0 Å². The molecule has 1 aliphatic carbocycles. The standard InChI is InChI=1S/C21H30O5/c1-7-14(6)18(23)17-19(24)15(10-8-12(2)3)21(26,20(17)25)16(22)11-9-13(4)5/h8-9,14-15,25-26H,7,10-11H2,1-6H3/t14-,15+,21+/m0/s1. The number of carbonyl (C=O) groups is 3. The van der Waals surface area contributed by atoms with Crippen LogP contribution in [0.2, 0.25) is 0 Å². The Kier molecular flexibility index (Phi) is 7.27. The average Bonchev–Trinajstić information content (AvgIpc) is 2.76. The predicted molar refractivity (Wildman–Crippen MR) is 101 cm³/mol. The van der Waals surface area contributed by atoms with E-state index in [-0.39, 0.29) is 12.8 Å². The molecule has 0 aromatic carbocycles. The zero-order chi connectivity index (χ0) is 20.2. The van der Waals surface area contributed by atoms with E-state index in [2.05, 4.69) is 0 Å². The van der Waals surface area contributed by atoms with Crippen LogP contribution in [0.5, 0.6) is 0 Å². The van der Waals surface area contributed by atoms with Crippen LogP contribution in [0.15, 0.2) is 34.6 Å². The molecule has 0 heterocycles. The molecule has 2 N–H and O–H groups in total. The normalized spacial score (nSPS) is 23.7. The van der Waals surface area contributed by atoms with Gasteiger partial charge in [-0.3, -0.25) is 14.4 Å². The van der Waals surface area contributed by atoms with Crippen LogP contribution in [-0.4, -0.2) is 33.2 Å². The third-order valence-electron chi connectivity index (χ3n) is 4.85. The molecule has 3 atom stereocenters. The molecule has 0 aromatic heterocycles. The summed E-state index contributed by atoms with van der Waals surface area (Å²) in [4.78, 5) is 38.1. The molecule has 0 radical (unpaired) electrons. The van der Waals surface area contributed by atoms with Crippen molar-refractivity contribution in [1.29, 1.82) is 0 Å². The van der Waals surface area contributed by atoms with E-state index >= 15 is 0 Å². The van der Waals surface area contributed by atoms with Crippen LogP contribution in [0.1, 0.15) is 60.8 Å². The number of aliphatic hydroxyl groups is 2. The van der Waals surface area contributed by atoms with Gasteiger partial charge in [-0.05, 0) is 40.5 Å². The molecular formula is C21H30O5. The number of rotatable bonds is 8. The quantitative estimate of drug-likeness (QED) is 0.508. The fourth-order valence-electron chi connectivity index (χ4n) is 2.92. The second-order valence-corrected chi connectivity index (χ2v) is 7.51. The summed E-state index contributed by atoms with van der Waals surface area (Å²) in [5.74, 6) is -4.30. The van der Waals surface area contributed by atoms with Crippen LogP contribution in [0.3, 0.4) is 0 Å². The van der Waals surface area contributed by atoms with Crippen molar-refractivity contribution in [3.8, 4) is 0 Å². The Balaban J connectivity index is 3.45. The summed E-state index contributed by atoms with van der Waals surface area (Å²) in [6.07, 6.45) is 3.81. The molecule has 0 saturated carbocycles. The van der Waals surface area contributed by atoms with Crippen molar-refractivity contribution in [2.75, 3.05) is 0 Å². The zero-order valence-corrected chi connectivity index (χ0v) is 16.5. The van der Waals surface area contributed by atoms with Gasteiger partial charge < -0.3 is 10.2 Å². The van der Waals surface area contributed by atoms with Crippen LogP contribution >= 0.6 is 0 Å². The summed E-state index contributed by atoms with van der Waals surface area (Å²) in [6.45, 7) is 10.7. The van der Waals surface area contributed by atoms with Crippen LogP contribution in [0.4, 0.5) is 0 Å². The van der Waals surface area contributed by atoms with Gasteiger partial charge in [-0.15, -0.1) is 0 Å². The molecule has 1 aliphatic rings. The Bertz CT molecular complexity index is 687. The molecule has 0 spiro atoms. The Morgan fingerprint density at radius 3 is 2.15 bits per heavy atom. The van der Waals surface area contributed by atoms with Crippen molar-refractivity contribution >= 4 is 17.3 Å². The monoisotopic (exact) mass is 362 g/mol. The lowest BCUT2D eigenvalue weighted by atomic mass is 9.81. The van der Waals surface area contributed by atoms with Crippen LogP contribution in [0, 0.1) is 11.8 Å². The number of hydrogen-bond donors (Lipinski definition) is 2. The topological polar surface area (TPSA) is 91.7 Å². The highest BCUT2D eigenvalue weighted by Gasteiger charge is 2.58. The molecule has 0 bridgehead atoms. The maximum Gasteiger partial charge on any atom is 0.191 e. The molecule has 0 amide bonds. The third-order valence-corrected chi connectivity index (χ3v) is 4.85. The minimum absolute atomic E-state index is 0.0829. The van der Waals surface area contributed by atoms with Crippen molar-refractivity contribution < 1.29 is 24.6 Å². The van der Waals surface area contributed by atoms with E-state index in [4.69, 9.17) is 0 Å². The first-order chi connectivity index (χ1) is 12.0. The van der Waals surface area contributed by atoms with Crippen LogP contribution in [0.25, 0.3) is 0 Å². The zero-order valence-electron chi connectivity index (χ0n) is 16.5. The summed E-state index contributed by atoms with van der Waals surface area (Å²) < 4.78 is 0. The van der Waals surface area contributed by atoms with Crippen molar-refractivity contribution in [3.63, 3.8) is 0 Å². The highest BCUT2D eigenvalue weighted by Crippen LogP contribution is 2.42. The average molecular weight is 362 g/mol. The van der Waals surface area contributed by atoms with Crippen LogP contribution < -0.4 is 0 Å². The van der Waals surface area contributed by atoms with Crippen LogP contribution in [-0.2, 0) is 14.4 Å². The largest absolute Gasteiger partial charge is 0.508 e. The highest BCUT2D eigenvalue weighted by molar-refractivity contribution is 6.26. The van der Waals surface area contributed by atoms with Crippen molar-refractivity contribution in [2.45, 2.75) is 66.4 Å². The van der Waals surface area contributed by atoms with Gasteiger partial charge in [0.2, 0.25) is 0 Å². The van der Waals surface area contributed by atoms with Gasteiger partial charge in [-0.25, -0.2) is 0 Å². The first kappa shape index (κ1) is 22.0. The number of hydrogen-bond acceptors (Lipinski definition) is 5. The highest BCUT2D eigenvalue weighted by atomic mass is 16.3. The lowest BCUT2D eigenvalue weighted by Crippen LogP contribution is -2.46. The van der Waals surface area contributed by atoms with E-state index in [0.717, 1.165) is 11.1 Å². The molecule has 0 saturated heterocycles. The number of aliphatic hydroxyl groups excluding tert-OH is 1. The molecular weight excluding hydrogens is 332 g/mol. The van der Waals surface area contributed by atoms with E-state index in [1.807, 2.05) is 27.7 Å². The molecule has 0 unspecified atom stereocenters. The summed E-state index contributed by atoms with van der Waals surface area (Å²) in [7, 11) is 0. The number of carbonyl (C=O) groups excluding carboxylic acids is 3. The fraction of sp³-hybridized carbons (Fsp3) is 0.571. The first-order valence-electron chi connectivity index (χ1n) is 9.02. The number of ketones is 3. The second-order valence-electron chi connectivity index (χ2n) is 7.51. The Morgan fingerprint density at radius 2 is 1.69 bits per heavy atom. The number of Topliss-reactive ketones (excluding diaryl/α,β-unsaturated/α-hetero) is 3. The predicted octanol–water partition coefficient (Wildman–Crippen LogP) is 3.63. The van der Waals surface area contributed by atoms with E-state index < -0.39 is 46.1 Å². The molecule has 5 nitrogen and oxygen atoms in total. The van der Waals surface area contributed by atoms with E-state index in [1.54, 1.807) is 26.0 Å². The smallest absolute Gasteiger partial charge is 0.191 e. The van der Waals surface area contributed by atoms with Gasteiger partial charge >= 0.3 is 0 Å². The Morgan fingerprint density at radius 1 is 1.15 bits per heavy atom. The minimum Gasteiger partial charge on any atom is -0.508 e.